The number of alkyl halides is 24. The van der Waals surface area contributed by atoms with Crippen molar-refractivity contribution in [1.29, 1.82) is 0 Å². The first-order valence-corrected chi connectivity index (χ1v) is 9.79. The van der Waals surface area contributed by atoms with Crippen LogP contribution in [0.3, 0.4) is 0 Å². The predicted molar refractivity (Wildman–Crippen MR) is 88.1 cm³/mol. The molecule has 0 aliphatic rings. The van der Waals surface area contributed by atoms with Gasteiger partial charge in [-0.1, -0.05) is 0 Å². The highest BCUT2D eigenvalue weighted by atomic mass is 32.2. The van der Waals surface area contributed by atoms with E-state index in [-0.39, 0.29) is 9.41 Å². The first kappa shape index (κ1) is 49.6. The molecule has 0 spiro atoms. The molecule has 0 saturated heterocycles. The summed E-state index contributed by atoms with van der Waals surface area (Å²) in [5.74, 6) is 0. The first-order chi connectivity index (χ1) is 17.9. The van der Waals surface area contributed by atoms with Gasteiger partial charge < -0.3 is 0 Å². The summed E-state index contributed by atoms with van der Waals surface area (Å²) in [7, 11) is 0. The molecule has 0 N–H and O–H groups in total. The van der Waals surface area contributed by atoms with Crippen LogP contribution in [0.25, 0.3) is 0 Å². The monoisotopic (exact) mass is 772 g/mol. The zero-order chi connectivity index (χ0) is 34.6. The summed E-state index contributed by atoms with van der Waals surface area (Å²) in [6.45, 7) is 0. The molecule has 0 aliphatic heterocycles. The van der Waals surface area contributed by atoms with Crippen LogP contribution in [-0.4, -0.2) is 73.8 Å². The van der Waals surface area contributed by atoms with Crippen molar-refractivity contribution in [2.75, 3.05) is 0 Å². The summed E-state index contributed by atoms with van der Waals surface area (Å²) >= 11 is -3.41. The van der Waals surface area contributed by atoms with E-state index in [0.717, 1.165) is 0 Å². The van der Waals surface area contributed by atoms with Crippen molar-refractivity contribution < 1.29 is 132 Å². The number of hydrogen-bond acceptors (Lipinski definition) is 6. The molecule has 0 fully saturated rings. The molecule has 32 heteroatoms. The van der Waals surface area contributed by atoms with Crippen LogP contribution in [0.2, 0.25) is 0 Å². The van der Waals surface area contributed by atoms with Gasteiger partial charge in [-0.25, -0.2) is 0 Å². The Kier molecular flexibility index (Phi) is 18.6. The number of halogens is 26. The van der Waals surface area contributed by atoms with Gasteiger partial charge in [0.15, 0.2) is 24.6 Å². The van der Waals surface area contributed by atoms with E-state index >= 15 is 0 Å². The third-order valence-electron chi connectivity index (χ3n) is 2.92. The highest BCUT2D eigenvalue weighted by molar-refractivity contribution is 7.90. The number of rotatable bonds is 8. The van der Waals surface area contributed by atoms with Crippen LogP contribution in [0.15, 0.2) is 0 Å². The molecule has 0 atom stereocenters. The maximum Gasteiger partial charge on any atom is 0.424 e. The molecular formula is C12H6F26O4S2. The summed E-state index contributed by atoms with van der Waals surface area (Å²) < 4.78 is 296. The average molecular weight is 772 g/mol. The maximum atomic E-state index is 11.9. The van der Waals surface area contributed by atoms with Crippen LogP contribution in [-0.2, 0) is 16.7 Å². The predicted octanol–water partition coefficient (Wildman–Crippen LogP) is 9.44. The van der Waals surface area contributed by atoms with Gasteiger partial charge in [-0.3, -0.25) is 26.1 Å². The van der Waals surface area contributed by atoms with Crippen LogP contribution in [0.1, 0.15) is 0 Å². The van der Waals surface area contributed by atoms with E-state index in [1.807, 2.05) is 0 Å². The topological polar surface area (TPSA) is 36.9 Å². The summed E-state index contributed by atoms with van der Waals surface area (Å²) in [4.78, 5) is 0. The van der Waals surface area contributed by atoms with E-state index in [1.54, 1.807) is 0 Å². The zero-order valence-electron chi connectivity index (χ0n) is 18.6. The molecule has 0 aliphatic carbocycles. The third-order valence-corrected chi connectivity index (χ3v) is 4.00. The van der Waals surface area contributed by atoms with Crippen LogP contribution in [0, 0.1) is 0 Å². The van der Waals surface area contributed by atoms with Crippen molar-refractivity contribution >= 4 is 24.6 Å². The highest BCUT2D eigenvalue weighted by Crippen LogP contribution is 2.43. The molecule has 0 aromatic heterocycles. The van der Waals surface area contributed by atoms with Gasteiger partial charge in [0.2, 0.25) is 0 Å². The van der Waals surface area contributed by atoms with Crippen molar-refractivity contribution in [2.45, 2.75) is 73.8 Å². The van der Waals surface area contributed by atoms with E-state index < -0.39 is 98.5 Å². The van der Waals surface area contributed by atoms with Crippen molar-refractivity contribution in [3.63, 3.8) is 0 Å². The van der Waals surface area contributed by atoms with Crippen LogP contribution >= 0.6 is 24.6 Å². The molecule has 0 saturated carbocycles. The van der Waals surface area contributed by atoms with Gasteiger partial charge in [0.05, 0.1) is 0 Å². The van der Waals surface area contributed by atoms with E-state index in [4.69, 9.17) is 0 Å². The lowest BCUT2D eigenvalue weighted by Gasteiger charge is -2.24. The molecule has 0 aromatic carbocycles. The summed E-state index contributed by atoms with van der Waals surface area (Å²) in [6, 6.07) is 0. The lowest BCUT2D eigenvalue weighted by atomic mass is 10.3. The third kappa shape index (κ3) is 18.6. The van der Waals surface area contributed by atoms with Crippen LogP contribution in [0.4, 0.5) is 115 Å². The van der Waals surface area contributed by atoms with Gasteiger partial charge in [0, 0.05) is 0 Å². The Bertz CT molecular complexity index is 601. The lowest BCUT2D eigenvalue weighted by Crippen LogP contribution is -2.45. The Labute approximate surface area is 231 Å². The largest absolute Gasteiger partial charge is 0.424 e. The van der Waals surface area contributed by atoms with E-state index in [2.05, 4.69) is 16.7 Å². The fourth-order valence-corrected chi connectivity index (χ4v) is 2.66. The van der Waals surface area contributed by atoms with Crippen molar-refractivity contribution in [1.82, 2.24) is 0 Å². The second kappa shape index (κ2) is 16.5. The van der Waals surface area contributed by atoms with Crippen LogP contribution in [0.5, 0.6) is 0 Å². The first-order valence-electron chi connectivity index (χ1n) is 8.45. The van der Waals surface area contributed by atoms with Gasteiger partial charge in [0.25, 0.3) is 24.4 Å². The highest BCUT2D eigenvalue weighted by Gasteiger charge is 2.63. The summed E-state index contributed by atoms with van der Waals surface area (Å²) in [5.41, 5.74) is 0. The average Bonchev–Trinajstić information content (AvgIpc) is 2.59. The van der Waals surface area contributed by atoms with E-state index in [9.17, 15) is 105 Å². The van der Waals surface area contributed by atoms with Gasteiger partial charge >= 0.3 is 49.4 Å². The number of hydrogen-bond donors (Lipinski definition) is 0. The van der Waals surface area contributed by atoms with Gasteiger partial charge in [-0.05, 0) is 0 Å². The van der Waals surface area contributed by atoms with Gasteiger partial charge in [0.1, 0.15) is 0 Å². The molecule has 0 aromatic rings. The minimum Gasteiger partial charge on any atom is -0.269 e. The maximum absolute atomic E-state index is 11.9. The fraction of sp³-hybridized carbons (Fsp3) is 1.00. The molecule has 0 amide bonds. The standard InChI is InChI=1S/2C6H2F12O2S.2FH/c2*7-3(8,9)1(4(10,11)12)19-21-20-2(5(13,14)15)6(16,17)18;;/h2*1-2H;2*1H. The minimum absolute atomic E-state index is 0. The molecule has 272 valence electrons. The quantitative estimate of drug-likeness (QED) is 0.181. The zero-order valence-corrected chi connectivity index (χ0v) is 20.3. The Morgan fingerprint density at radius 3 is 0.409 bits per heavy atom. The Balaban J connectivity index is -0.000000348. The molecule has 4 nitrogen and oxygen atoms in total. The SMILES string of the molecule is F.F.FC(F)(F)C(OSOC(C(F)(F)F)C(F)(F)F)C(F)(F)F.FC(F)(F)C(OSOC(C(F)(F)F)C(F)(F)F)C(F)(F)F. The Morgan fingerprint density at radius 1 is 0.250 bits per heavy atom. The molecule has 44 heavy (non-hydrogen) atoms. The minimum atomic E-state index is -6.11. The Hall–Kier alpha value is -1.28. The smallest absolute Gasteiger partial charge is 0.269 e. The van der Waals surface area contributed by atoms with E-state index in [0.29, 0.717) is 0 Å². The van der Waals surface area contributed by atoms with Gasteiger partial charge in [-0.2, -0.15) is 105 Å². The molecule has 0 radical (unpaired) electrons. The normalized spacial score (nSPS) is 14.5. The molecule has 0 rings (SSSR count). The molecule has 0 unspecified atom stereocenters. The van der Waals surface area contributed by atoms with E-state index in [1.165, 1.54) is 0 Å². The molecule has 0 bridgehead atoms. The fourth-order valence-electron chi connectivity index (χ4n) is 1.38. The van der Waals surface area contributed by atoms with Gasteiger partial charge in [-0.15, -0.1) is 0 Å². The second-order valence-electron chi connectivity index (χ2n) is 6.37. The Morgan fingerprint density at radius 2 is 0.341 bits per heavy atom. The second-order valence-corrected chi connectivity index (χ2v) is 7.42. The summed E-state index contributed by atoms with van der Waals surface area (Å²) in [6.07, 6.45) is -67.3. The molecule has 0 heterocycles. The van der Waals surface area contributed by atoms with Crippen LogP contribution < -0.4 is 0 Å². The van der Waals surface area contributed by atoms with Crippen molar-refractivity contribution in [3.8, 4) is 0 Å². The summed E-state index contributed by atoms with van der Waals surface area (Å²) in [5, 5.41) is 0. The molecular weight excluding hydrogens is 766 g/mol. The lowest BCUT2D eigenvalue weighted by molar-refractivity contribution is -0.308. The van der Waals surface area contributed by atoms with Crippen molar-refractivity contribution in [2.24, 2.45) is 0 Å². The van der Waals surface area contributed by atoms with Crippen molar-refractivity contribution in [3.05, 3.63) is 0 Å².